The Hall–Kier alpha value is -2.94. The predicted octanol–water partition coefficient (Wildman–Crippen LogP) is 6.81. The number of amides is 2. The van der Waals surface area contributed by atoms with E-state index >= 15 is 0 Å². The van der Waals surface area contributed by atoms with Gasteiger partial charge >= 0.3 is 0 Å². The zero-order chi connectivity index (χ0) is 34.3. The number of ether oxygens (including phenoxy) is 1. The molecule has 0 heterocycles. The second-order valence-corrected chi connectivity index (χ2v) is 13.0. The van der Waals surface area contributed by atoms with E-state index < -0.39 is 6.04 Å². The predicted molar refractivity (Wildman–Crippen MR) is 200 cm³/mol. The third-order valence-corrected chi connectivity index (χ3v) is 8.58. The molecule has 8 heteroatoms. The average molecular weight is 666 g/mol. The van der Waals surface area contributed by atoms with Crippen LogP contribution >= 0.6 is 0 Å². The van der Waals surface area contributed by atoms with Crippen molar-refractivity contribution < 1.29 is 14.3 Å². The van der Waals surface area contributed by atoms with Crippen LogP contribution < -0.4 is 31.7 Å². The van der Waals surface area contributed by atoms with Gasteiger partial charge in [-0.25, -0.2) is 0 Å². The summed E-state index contributed by atoms with van der Waals surface area (Å²) in [5.41, 5.74) is 7.63. The first kappa shape index (κ1) is 41.2. The third-order valence-electron chi connectivity index (χ3n) is 8.58. The maximum absolute atomic E-state index is 13.1. The molecule has 270 valence electrons. The van der Waals surface area contributed by atoms with Crippen LogP contribution in [0.25, 0.3) is 0 Å². The molecule has 0 aromatic heterocycles. The summed E-state index contributed by atoms with van der Waals surface area (Å²) in [5.74, 6) is 0.572. The van der Waals surface area contributed by atoms with E-state index in [2.05, 4.69) is 21.3 Å². The summed E-state index contributed by atoms with van der Waals surface area (Å²) in [6.07, 6.45) is 18.8. The molecule has 0 spiro atoms. The van der Waals surface area contributed by atoms with Gasteiger partial charge in [0.15, 0.2) is 0 Å². The van der Waals surface area contributed by atoms with E-state index in [1.807, 2.05) is 61.5 Å². The topological polar surface area (TPSA) is 118 Å². The number of hydrogen-bond acceptors (Lipinski definition) is 6. The molecule has 0 aliphatic rings. The Labute approximate surface area is 292 Å². The van der Waals surface area contributed by atoms with Crippen LogP contribution in [-0.2, 0) is 22.6 Å². The number of carbonyl (C=O) groups excluding carboxylic acids is 2. The lowest BCUT2D eigenvalue weighted by molar-refractivity contribution is -0.129. The van der Waals surface area contributed by atoms with Gasteiger partial charge in [0.25, 0.3) is 0 Å². The van der Waals surface area contributed by atoms with E-state index in [-0.39, 0.29) is 11.8 Å². The minimum Gasteiger partial charge on any atom is -0.489 e. The van der Waals surface area contributed by atoms with Crippen LogP contribution in [0.2, 0.25) is 0 Å². The van der Waals surface area contributed by atoms with Crippen LogP contribution in [0, 0.1) is 0 Å². The van der Waals surface area contributed by atoms with Crippen LogP contribution in [0.1, 0.15) is 121 Å². The van der Waals surface area contributed by atoms with Crippen LogP contribution in [-0.4, -0.2) is 57.1 Å². The van der Waals surface area contributed by atoms with Gasteiger partial charge in [-0.3, -0.25) is 9.59 Å². The van der Waals surface area contributed by atoms with Gasteiger partial charge in [0.1, 0.15) is 18.4 Å². The number of rotatable bonds is 31. The van der Waals surface area contributed by atoms with Crippen molar-refractivity contribution in [3.63, 3.8) is 0 Å². The summed E-state index contributed by atoms with van der Waals surface area (Å²) >= 11 is 0. The lowest BCUT2D eigenvalue weighted by atomic mass is 10.0. The van der Waals surface area contributed by atoms with Crippen molar-refractivity contribution in [2.75, 3.05) is 39.3 Å². The minimum atomic E-state index is -0.590. The highest BCUT2D eigenvalue weighted by Crippen LogP contribution is 2.16. The second kappa shape index (κ2) is 29.0. The number of carbonyl (C=O) groups is 2. The van der Waals surface area contributed by atoms with Gasteiger partial charge in [-0.15, -0.1) is 0 Å². The number of nitrogens with one attached hydrogen (secondary N) is 4. The van der Waals surface area contributed by atoms with Crippen LogP contribution in [0.15, 0.2) is 54.6 Å². The van der Waals surface area contributed by atoms with Crippen molar-refractivity contribution in [1.82, 2.24) is 21.3 Å². The van der Waals surface area contributed by atoms with Crippen LogP contribution in [0.3, 0.4) is 0 Å². The highest BCUT2D eigenvalue weighted by molar-refractivity contribution is 5.87. The number of hydrogen-bond donors (Lipinski definition) is 5. The molecule has 48 heavy (non-hydrogen) atoms. The van der Waals surface area contributed by atoms with Crippen LogP contribution in [0.4, 0.5) is 0 Å². The zero-order valence-electron chi connectivity index (χ0n) is 30.0. The molecule has 6 N–H and O–H groups in total. The fourth-order valence-electron chi connectivity index (χ4n) is 5.67. The minimum absolute atomic E-state index is 0.0863. The molecule has 0 fully saturated rings. The smallest absolute Gasteiger partial charge is 0.242 e. The molecule has 2 aromatic rings. The molecule has 2 aromatic carbocycles. The van der Waals surface area contributed by atoms with Crippen molar-refractivity contribution in [3.8, 4) is 5.75 Å². The quantitative estimate of drug-likeness (QED) is 0.0565. The van der Waals surface area contributed by atoms with E-state index in [9.17, 15) is 9.59 Å². The Bertz CT molecular complexity index is 1050. The highest BCUT2D eigenvalue weighted by atomic mass is 16.5. The largest absolute Gasteiger partial charge is 0.489 e. The Morgan fingerprint density at radius 2 is 1.17 bits per heavy atom. The summed E-state index contributed by atoms with van der Waals surface area (Å²) < 4.78 is 5.89. The van der Waals surface area contributed by atoms with Crippen molar-refractivity contribution in [2.24, 2.45) is 5.73 Å². The Morgan fingerprint density at radius 1 is 0.646 bits per heavy atom. The Kier molecular flexibility index (Phi) is 24.9. The van der Waals surface area contributed by atoms with Crippen molar-refractivity contribution in [1.29, 1.82) is 0 Å². The molecule has 2 amide bonds. The first-order valence-corrected chi connectivity index (χ1v) is 19.1. The summed E-state index contributed by atoms with van der Waals surface area (Å²) in [5, 5.41) is 13.2. The van der Waals surface area contributed by atoms with Crippen molar-refractivity contribution >= 4 is 11.8 Å². The number of benzene rings is 2. The fraction of sp³-hybridized carbons (Fsp3) is 0.650. The molecule has 1 atom stereocenters. The first-order valence-electron chi connectivity index (χ1n) is 19.1. The fourth-order valence-corrected chi connectivity index (χ4v) is 5.67. The van der Waals surface area contributed by atoms with Gasteiger partial charge in [0.05, 0.1) is 0 Å². The molecule has 0 saturated heterocycles. The second-order valence-electron chi connectivity index (χ2n) is 13.0. The maximum atomic E-state index is 13.1. The molecule has 0 bridgehead atoms. The summed E-state index contributed by atoms with van der Waals surface area (Å²) in [4.78, 5) is 25.4. The standard InChI is InChI=1S/C40H67N5O3/c1-2-20-39(46)45-38(33-35-23-25-37(26-24-35)48-34-36-21-12-11-13-22-36)40(47)44-32-19-10-9-18-31-43-29-16-7-4-3-6-15-28-42-30-17-8-5-14-27-41/h11-13,21-26,38,42-43H,2-10,14-20,27-34,41H2,1H3,(H,44,47)(H,45,46)/t38-/m0/s1. The lowest BCUT2D eigenvalue weighted by Gasteiger charge is -2.19. The van der Waals surface area contributed by atoms with E-state index in [1.54, 1.807) is 0 Å². The summed E-state index contributed by atoms with van der Waals surface area (Å²) in [6.45, 7) is 8.40. The number of unbranched alkanes of at least 4 members (excludes halogenated alkanes) is 11. The molecule has 0 unspecified atom stereocenters. The average Bonchev–Trinajstić information content (AvgIpc) is 3.10. The summed E-state index contributed by atoms with van der Waals surface area (Å²) in [6, 6.07) is 17.2. The molecule has 0 aliphatic carbocycles. The van der Waals surface area contributed by atoms with Gasteiger partial charge in [0.2, 0.25) is 11.8 Å². The maximum Gasteiger partial charge on any atom is 0.242 e. The van der Waals surface area contributed by atoms with Crippen molar-refractivity contribution in [3.05, 3.63) is 65.7 Å². The zero-order valence-corrected chi connectivity index (χ0v) is 30.0. The van der Waals surface area contributed by atoms with E-state index in [1.165, 1.54) is 57.8 Å². The van der Waals surface area contributed by atoms with Gasteiger partial charge < -0.3 is 31.7 Å². The molecular weight excluding hydrogens is 598 g/mol. The van der Waals surface area contributed by atoms with Crippen LogP contribution in [0.5, 0.6) is 5.75 Å². The molecule has 2 rings (SSSR count). The normalized spacial score (nSPS) is 11.7. The van der Waals surface area contributed by atoms with Gasteiger partial charge in [-0.2, -0.15) is 0 Å². The van der Waals surface area contributed by atoms with E-state index in [0.717, 1.165) is 88.1 Å². The lowest BCUT2D eigenvalue weighted by Crippen LogP contribution is -2.48. The third kappa shape index (κ3) is 21.8. The monoisotopic (exact) mass is 666 g/mol. The molecule has 0 aliphatic heterocycles. The van der Waals surface area contributed by atoms with Crippen molar-refractivity contribution in [2.45, 2.75) is 129 Å². The first-order chi connectivity index (χ1) is 23.6. The SMILES string of the molecule is CCCC(=O)N[C@@H](Cc1ccc(OCc2ccccc2)cc1)C(=O)NCCCCCCNCCCCCCCCNCCCCCCN. The summed E-state index contributed by atoms with van der Waals surface area (Å²) in [7, 11) is 0. The molecular formula is C40H67N5O3. The van der Waals surface area contributed by atoms with E-state index in [4.69, 9.17) is 10.5 Å². The Balaban J connectivity index is 1.48. The van der Waals surface area contributed by atoms with Gasteiger partial charge in [-0.05, 0) is 101 Å². The number of nitrogens with two attached hydrogens (primary N) is 1. The molecule has 0 radical (unpaired) electrons. The Morgan fingerprint density at radius 3 is 1.71 bits per heavy atom. The highest BCUT2D eigenvalue weighted by Gasteiger charge is 2.20. The van der Waals surface area contributed by atoms with E-state index in [0.29, 0.717) is 26.0 Å². The molecule has 8 nitrogen and oxygen atoms in total. The molecule has 0 saturated carbocycles. The van der Waals surface area contributed by atoms with Gasteiger partial charge in [-0.1, -0.05) is 101 Å². The van der Waals surface area contributed by atoms with Gasteiger partial charge in [0, 0.05) is 19.4 Å².